The number of nitrogens with one attached hydrogen (secondary N) is 1. The van der Waals surface area contributed by atoms with Crippen LogP contribution in [0.4, 0.5) is 0 Å². The average Bonchev–Trinajstić information content (AvgIpc) is 2.98. The minimum absolute atomic E-state index is 0.254. The molecule has 1 fully saturated rings. The first kappa shape index (κ1) is 14.8. The molecule has 0 saturated carbocycles. The Labute approximate surface area is 138 Å². The van der Waals surface area contributed by atoms with E-state index in [1.54, 1.807) is 0 Å². The van der Waals surface area contributed by atoms with E-state index in [0.717, 1.165) is 25.8 Å². The number of aromatic amines is 1. The quantitative estimate of drug-likeness (QED) is 0.903. The molecule has 2 unspecified atom stereocenters. The van der Waals surface area contributed by atoms with Gasteiger partial charge in [-0.2, -0.15) is 5.26 Å². The lowest BCUT2D eigenvalue weighted by atomic mass is 9.65. The predicted octanol–water partition coefficient (Wildman–Crippen LogP) is 4.56. The largest absolute Gasteiger partial charge is 0.357 e. The maximum absolute atomic E-state index is 9.14. The maximum Gasteiger partial charge on any atom is 0.0621 e. The highest BCUT2D eigenvalue weighted by Gasteiger charge is 2.46. The van der Waals surface area contributed by atoms with Gasteiger partial charge in [0.25, 0.3) is 0 Å². The zero-order valence-corrected chi connectivity index (χ0v) is 13.9. The van der Waals surface area contributed by atoms with Crippen LogP contribution in [0.25, 0.3) is 10.9 Å². The number of H-pyrrole nitrogens is 1. The lowest BCUT2D eigenvalue weighted by Gasteiger charge is -2.52. The minimum Gasteiger partial charge on any atom is -0.357 e. The van der Waals surface area contributed by atoms with Crippen LogP contribution >= 0.6 is 0 Å². The van der Waals surface area contributed by atoms with E-state index in [1.807, 2.05) is 0 Å². The van der Waals surface area contributed by atoms with E-state index in [4.69, 9.17) is 5.26 Å². The normalized spacial score (nSPS) is 27.4. The van der Waals surface area contributed by atoms with Crippen LogP contribution in [-0.4, -0.2) is 23.0 Å². The molecule has 3 heterocycles. The van der Waals surface area contributed by atoms with Gasteiger partial charge in [-0.25, -0.2) is 0 Å². The smallest absolute Gasteiger partial charge is 0.0621 e. The molecular weight excluding hydrogens is 282 g/mol. The van der Waals surface area contributed by atoms with E-state index in [-0.39, 0.29) is 5.41 Å². The van der Waals surface area contributed by atoms with Gasteiger partial charge in [-0.15, -0.1) is 0 Å². The molecule has 2 aliphatic rings. The van der Waals surface area contributed by atoms with E-state index < -0.39 is 0 Å². The van der Waals surface area contributed by atoms with Crippen molar-refractivity contribution in [3.63, 3.8) is 0 Å². The van der Waals surface area contributed by atoms with E-state index in [0.29, 0.717) is 12.5 Å². The Morgan fingerprint density at radius 2 is 2.22 bits per heavy atom. The lowest BCUT2D eigenvalue weighted by molar-refractivity contribution is -0.00640. The van der Waals surface area contributed by atoms with Crippen molar-refractivity contribution < 1.29 is 0 Å². The Bertz CT molecular complexity index is 754. The van der Waals surface area contributed by atoms with E-state index in [2.05, 4.69) is 47.1 Å². The van der Waals surface area contributed by atoms with E-state index in [9.17, 15) is 0 Å². The summed E-state index contributed by atoms with van der Waals surface area (Å²) >= 11 is 0. The summed E-state index contributed by atoms with van der Waals surface area (Å²) in [5, 5.41) is 10.5. The molecule has 1 saturated heterocycles. The Morgan fingerprint density at radius 3 is 3.04 bits per heavy atom. The molecule has 2 aromatic rings. The predicted molar refractivity (Wildman–Crippen MR) is 93.1 cm³/mol. The van der Waals surface area contributed by atoms with Crippen LogP contribution in [0.1, 0.15) is 56.3 Å². The van der Waals surface area contributed by atoms with Gasteiger partial charge in [0, 0.05) is 29.6 Å². The highest BCUT2D eigenvalue weighted by Crippen LogP contribution is 2.53. The number of para-hydroxylation sites is 1. The number of rotatable bonds is 3. The summed E-state index contributed by atoms with van der Waals surface area (Å²) < 4.78 is 0. The third-order valence-corrected chi connectivity index (χ3v) is 6.27. The highest BCUT2D eigenvalue weighted by molar-refractivity contribution is 5.85. The Morgan fingerprint density at radius 1 is 1.35 bits per heavy atom. The zero-order chi connectivity index (χ0) is 15.9. The molecule has 0 aliphatic carbocycles. The molecule has 0 bridgehead atoms. The summed E-state index contributed by atoms with van der Waals surface area (Å²) in [6.45, 7) is 4.68. The summed E-state index contributed by atoms with van der Waals surface area (Å²) in [5.41, 5.74) is 4.50. The molecule has 1 N–H and O–H groups in total. The van der Waals surface area contributed by atoms with Crippen molar-refractivity contribution in [2.45, 2.75) is 51.5 Å². The Kier molecular flexibility index (Phi) is 3.66. The molecule has 120 valence electrons. The van der Waals surface area contributed by atoms with Crippen molar-refractivity contribution in [3.05, 3.63) is 35.5 Å². The molecule has 3 nitrogen and oxygen atoms in total. The van der Waals surface area contributed by atoms with E-state index >= 15 is 0 Å². The first-order valence-electron chi connectivity index (χ1n) is 8.99. The molecule has 2 atom stereocenters. The average molecular weight is 307 g/mol. The van der Waals surface area contributed by atoms with Crippen molar-refractivity contribution in [1.29, 1.82) is 5.26 Å². The van der Waals surface area contributed by atoms with Gasteiger partial charge < -0.3 is 4.98 Å². The number of fused-ring (bicyclic) bond motifs is 5. The SMILES string of the molecule is CCC1(CCC#N)CCCN2CCc3c([nH]c4ccccc34)C21. The molecule has 23 heavy (non-hydrogen) atoms. The third kappa shape index (κ3) is 2.20. The van der Waals surface area contributed by atoms with Gasteiger partial charge in [-0.05, 0) is 55.7 Å². The molecule has 0 spiro atoms. The van der Waals surface area contributed by atoms with Gasteiger partial charge in [0.15, 0.2) is 0 Å². The summed E-state index contributed by atoms with van der Waals surface area (Å²) in [7, 11) is 0. The summed E-state index contributed by atoms with van der Waals surface area (Å²) in [6, 6.07) is 11.6. The molecular formula is C20H25N3. The fraction of sp³-hybridized carbons (Fsp3) is 0.550. The fourth-order valence-corrected chi connectivity index (χ4v) is 5.11. The molecule has 1 aromatic heterocycles. The first-order valence-corrected chi connectivity index (χ1v) is 8.99. The lowest BCUT2D eigenvalue weighted by Crippen LogP contribution is -2.49. The van der Waals surface area contributed by atoms with Crippen molar-refractivity contribution in [2.75, 3.05) is 13.1 Å². The van der Waals surface area contributed by atoms with Gasteiger partial charge in [-0.3, -0.25) is 4.90 Å². The third-order valence-electron chi connectivity index (χ3n) is 6.27. The van der Waals surface area contributed by atoms with Gasteiger partial charge in [0.2, 0.25) is 0 Å². The van der Waals surface area contributed by atoms with E-state index in [1.165, 1.54) is 41.5 Å². The van der Waals surface area contributed by atoms with Crippen LogP contribution in [0.3, 0.4) is 0 Å². The van der Waals surface area contributed by atoms with Crippen molar-refractivity contribution in [2.24, 2.45) is 5.41 Å². The topological polar surface area (TPSA) is 42.8 Å². The second kappa shape index (κ2) is 5.69. The molecule has 4 rings (SSSR count). The van der Waals surface area contributed by atoms with Gasteiger partial charge >= 0.3 is 0 Å². The summed E-state index contributed by atoms with van der Waals surface area (Å²) in [4.78, 5) is 6.44. The van der Waals surface area contributed by atoms with Gasteiger partial charge in [0.05, 0.1) is 12.1 Å². The first-order chi connectivity index (χ1) is 11.3. The Hall–Kier alpha value is -1.79. The van der Waals surface area contributed by atoms with Crippen molar-refractivity contribution >= 4 is 10.9 Å². The summed E-state index contributed by atoms with van der Waals surface area (Å²) in [5.74, 6) is 0. The number of piperidine rings is 1. The number of aromatic nitrogens is 1. The standard InChI is InChI=1S/C20H25N3/c1-2-20(10-5-12-21)11-6-13-23-14-9-16-15-7-3-4-8-17(15)22-18(16)19(20)23/h3-4,7-8,19,22H,2,5-6,9-11,13-14H2,1H3. The fourth-order valence-electron chi connectivity index (χ4n) is 5.11. The van der Waals surface area contributed by atoms with Crippen molar-refractivity contribution in [3.8, 4) is 6.07 Å². The second-order valence-corrected chi connectivity index (χ2v) is 7.23. The molecule has 1 aromatic carbocycles. The highest BCUT2D eigenvalue weighted by atomic mass is 15.2. The van der Waals surface area contributed by atoms with Gasteiger partial charge in [0.1, 0.15) is 0 Å². The van der Waals surface area contributed by atoms with Gasteiger partial charge in [-0.1, -0.05) is 25.1 Å². The number of nitriles is 1. The van der Waals surface area contributed by atoms with Crippen LogP contribution in [-0.2, 0) is 6.42 Å². The molecule has 2 aliphatic heterocycles. The maximum atomic E-state index is 9.14. The second-order valence-electron chi connectivity index (χ2n) is 7.23. The Balaban J connectivity index is 1.85. The number of benzene rings is 1. The zero-order valence-electron chi connectivity index (χ0n) is 13.9. The van der Waals surface area contributed by atoms with Crippen molar-refractivity contribution in [1.82, 2.24) is 9.88 Å². The molecule has 0 radical (unpaired) electrons. The number of hydrogen-bond donors (Lipinski definition) is 1. The number of hydrogen-bond acceptors (Lipinski definition) is 2. The van der Waals surface area contributed by atoms with Crippen LogP contribution in [0.2, 0.25) is 0 Å². The van der Waals surface area contributed by atoms with Crippen LogP contribution in [0.5, 0.6) is 0 Å². The van der Waals surface area contributed by atoms with Crippen LogP contribution in [0.15, 0.2) is 24.3 Å². The molecule has 3 heteroatoms. The monoisotopic (exact) mass is 307 g/mol. The minimum atomic E-state index is 0.254. The van der Waals surface area contributed by atoms with Crippen LogP contribution in [0, 0.1) is 16.7 Å². The van der Waals surface area contributed by atoms with Crippen LogP contribution < -0.4 is 0 Å². The summed E-state index contributed by atoms with van der Waals surface area (Å²) in [6.07, 6.45) is 6.52. The molecule has 0 amide bonds. The number of nitrogens with zero attached hydrogens (tertiary/aromatic N) is 2.